The highest BCUT2D eigenvalue weighted by molar-refractivity contribution is 7.92. The SMILES string of the molecule is O=C(NC(CO)C(O)O)c1cccc(NS(=O)(=O)CC2CN(C(c3ccc(Cl)cc3)c3ccc(Cl)cc3)C2)c1. The third-order valence-electron chi connectivity index (χ3n) is 6.45. The summed E-state index contributed by atoms with van der Waals surface area (Å²) in [5.74, 6) is -0.891. The molecule has 208 valence electrons. The summed E-state index contributed by atoms with van der Waals surface area (Å²) >= 11 is 12.2. The van der Waals surface area contributed by atoms with E-state index in [1.54, 1.807) is 0 Å². The Morgan fingerprint density at radius 2 is 1.51 bits per heavy atom. The molecule has 0 aliphatic carbocycles. The quantitative estimate of drug-likeness (QED) is 0.215. The van der Waals surface area contributed by atoms with E-state index in [1.807, 2.05) is 48.5 Å². The molecule has 0 bridgehead atoms. The van der Waals surface area contributed by atoms with Crippen LogP contribution in [0.4, 0.5) is 5.69 Å². The standard InChI is InChI=1S/C27H29Cl2N3O6S/c28-21-8-4-18(5-9-21)25(19-6-10-22(29)11-7-19)32-13-17(14-32)16-39(37,38)31-23-3-1-2-20(12-23)26(34)30-24(15-33)27(35)36/h1-12,17,24-25,27,31,33,35-36H,13-16H2,(H,30,34). The molecule has 9 nitrogen and oxygen atoms in total. The largest absolute Gasteiger partial charge is 0.394 e. The fourth-order valence-corrected chi connectivity index (χ4v) is 6.20. The van der Waals surface area contributed by atoms with E-state index in [2.05, 4.69) is 14.9 Å². The third-order valence-corrected chi connectivity index (χ3v) is 8.41. The van der Waals surface area contributed by atoms with E-state index in [-0.39, 0.29) is 29.0 Å². The van der Waals surface area contributed by atoms with E-state index >= 15 is 0 Å². The number of carbonyl (C=O) groups is 1. The van der Waals surface area contributed by atoms with Gasteiger partial charge in [0.05, 0.1) is 18.4 Å². The average molecular weight is 595 g/mol. The van der Waals surface area contributed by atoms with Crippen LogP contribution in [0.1, 0.15) is 27.5 Å². The first-order valence-electron chi connectivity index (χ1n) is 12.2. The van der Waals surface area contributed by atoms with Crippen molar-refractivity contribution < 1.29 is 28.5 Å². The number of hydrogen-bond acceptors (Lipinski definition) is 7. The fraction of sp³-hybridized carbons (Fsp3) is 0.296. The van der Waals surface area contributed by atoms with Crippen LogP contribution in [0, 0.1) is 5.92 Å². The number of amides is 1. The molecule has 3 aromatic carbocycles. The Morgan fingerprint density at radius 3 is 2.03 bits per heavy atom. The number of nitrogens with one attached hydrogen (secondary N) is 2. The molecule has 1 fully saturated rings. The number of sulfonamides is 1. The van der Waals surface area contributed by atoms with Crippen molar-refractivity contribution in [3.8, 4) is 0 Å². The van der Waals surface area contributed by atoms with Crippen LogP contribution in [0.5, 0.6) is 0 Å². The molecule has 1 heterocycles. The first-order chi connectivity index (χ1) is 18.5. The Morgan fingerprint density at radius 1 is 0.949 bits per heavy atom. The van der Waals surface area contributed by atoms with Gasteiger partial charge in [0.15, 0.2) is 6.29 Å². The monoisotopic (exact) mass is 593 g/mol. The maximum atomic E-state index is 12.9. The van der Waals surface area contributed by atoms with Crippen molar-refractivity contribution >= 4 is 44.8 Å². The second-order valence-electron chi connectivity index (χ2n) is 9.47. The van der Waals surface area contributed by atoms with Crippen LogP contribution in [0.3, 0.4) is 0 Å². The van der Waals surface area contributed by atoms with Crippen LogP contribution in [0.15, 0.2) is 72.8 Å². The van der Waals surface area contributed by atoms with Crippen molar-refractivity contribution in [2.24, 2.45) is 5.92 Å². The predicted octanol–water partition coefficient (Wildman–Crippen LogP) is 2.86. The van der Waals surface area contributed by atoms with Crippen LogP contribution in [0.2, 0.25) is 10.0 Å². The number of carbonyl (C=O) groups excluding carboxylic acids is 1. The van der Waals surface area contributed by atoms with Gasteiger partial charge in [-0.3, -0.25) is 14.4 Å². The molecule has 12 heteroatoms. The fourth-order valence-electron chi connectivity index (χ4n) is 4.55. The maximum Gasteiger partial charge on any atom is 0.251 e. The molecule has 0 aromatic heterocycles. The molecule has 0 spiro atoms. The molecule has 3 aromatic rings. The van der Waals surface area contributed by atoms with Crippen LogP contribution in [-0.2, 0) is 10.0 Å². The summed E-state index contributed by atoms with van der Waals surface area (Å²) < 4.78 is 28.4. The summed E-state index contributed by atoms with van der Waals surface area (Å²) in [6, 6.07) is 19.6. The number of aliphatic hydroxyl groups excluding tert-OH is 2. The molecule has 1 amide bonds. The van der Waals surface area contributed by atoms with Gasteiger partial charge >= 0.3 is 0 Å². The number of halogens is 2. The molecular formula is C27H29Cl2N3O6S. The molecule has 1 aliphatic rings. The minimum atomic E-state index is -3.73. The molecule has 1 unspecified atom stereocenters. The van der Waals surface area contributed by atoms with E-state index in [9.17, 15) is 28.5 Å². The molecule has 0 saturated carbocycles. The minimum absolute atomic E-state index is 0.0816. The van der Waals surface area contributed by atoms with E-state index in [4.69, 9.17) is 23.2 Å². The first-order valence-corrected chi connectivity index (χ1v) is 14.6. The molecule has 1 saturated heterocycles. The van der Waals surface area contributed by atoms with Gasteiger partial charge in [-0.1, -0.05) is 53.5 Å². The van der Waals surface area contributed by atoms with Gasteiger partial charge < -0.3 is 20.6 Å². The van der Waals surface area contributed by atoms with Gasteiger partial charge in [-0.2, -0.15) is 0 Å². The first kappa shape index (κ1) is 29.3. The summed E-state index contributed by atoms with van der Waals surface area (Å²) in [6.07, 6.45) is -1.94. The van der Waals surface area contributed by atoms with Gasteiger partial charge in [-0.05, 0) is 53.6 Å². The number of rotatable bonds is 11. The molecule has 1 atom stereocenters. The van der Waals surface area contributed by atoms with Crippen LogP contribution in [0.25, 0.3) is 0 Å². The average Bonchev–Trinajstić information content (AvgIpc) is 2.87. The van der Waals surface area contributed by atoms with Crippen molar-refractivity contribution in [3.63, 3.8) is 0 Å². The lowest BCUT2D eigenvalue weighted by molar-refractivity contribution is -0.0755. The highest BCUT2D eigenvalue weighted by Crippen LogP contribution is 2.35. The highest BCUT2D eigenvalue weighted by atomic mass is 35.5. The summed E-state index contributed by atoms with van der Waals surface area (Å²) in [6.45, 7) is 0.446. The smallest absolute Gasteiger partial charge is 0.251 e. The topological polar surface area (TPSA) is 139 Å². The lowest BCUT2D eigenvalue weighted by atomic mass is 9.91. The summed E-state index contributed by atoms with van der Waals surface area (Å²) in [4.78, 5) is 14.6. The van der Waals surface area contributed by atoms with Gasteiger partial charge in [0.25, 0.3) is 5.91 Å². The minimum Gasteiger partial charge on any atom is -0.394 e. The second-order valence-corrected chi connectivity index (χ2v) is 12.1. The summed E-state index contributed by atoms with van der Waals surface area (Å²) in [5, 5.41) is 31.1. The molecule has 39 heavy (non-hydrogen) atoms. The summed E-state index contributed by atoms with van der Waals surface area (Å²) in [5.41, 5.74) is 2.36. The highest BCUT2D eigenvalue weighted by Gasteiger charge is 2.36. The zero-order valence-corrected chi connectivity index (χ0v) is 23.1. The normalized spacial score (nSPS) is 15.3. The number of likely N-dealkylation sites (tertiary alicyclic amines) is 1. The molecule has 5 N–H and O–H groups in total. The van der Waals surface area contributed by atoms with E-state index < -0.39 is 34.9 Å². The molecular weight excluding hydrogens is 565 g/mol. The Labute approximate surface area is 237 Å². The molecule has 1 aliphatic heterocycles. The van der Waals surface area contributed by atoms with Crippen LogP contribution >= 0.6 is 23.2 Å². The van der Waals surface area contributed by atoms with Crippen molar-refractivity contribution in [2.75, 3.05) is 30.2 Å². The number of hydrogen-bond donors (Lipinski definition) is 5. The molecule has 4 rings (SSSR count). The third kappa shape index (κ3) is 7.70. The number of nitrogens with zero attached hydrogens (tertiary/aromatic N) is 1. The van der Waals surface area contributed by atoms with Crippen molar-refractivity contribution in [1.82, 2.24) is 10.2 Å². The van der Waals surface area contributed by atoms with Gasteiger partial charge in [0.2, 0.25) is 10.0 Å². The van der Waals surface area contributed by atoms with Crippen LogP contribution < -0.4 is 10.0 Å². The Kier molecular flexibility index (Phi) is 9.50. The second kappa shape index (κ2) is 12.6. The zero-order valence-electron chi connectivity index (χ0n) is 20.7. The maximum absolute atomic E-state index is 12.9. The van der Waals surface area contributed by atoms with Crippen LogP contribution in [-0.4, -0.2) is 72.3 Å². The molecule has 0 radical (unpaired) electrons. The lowest BCUT2D eigenvalue weighted by Crippen LogP contribution is -2.51. The van der Waals surface area contributed by atoms with Gasteiger partial charge in [-0.15, -0.1) is 0 Å². The van der Waals surface area contributed by atoms with E-state index in [0.717, 1.165) is 11.1 Å². The van der Waals surface area contributed by atoms with Crippen molar-refractivity contribution in [2.45, 2.75) is 18.4 Å². The number of benzene rings is 3. The van der Waals surface area contributed by atoms with Crippen molar-refractivity contribution in [3.05, 3.63) is 99.5 Å². The van der Waals surface area contributed by atoms with E-state index in [1.165, 1.54) is 24.3 Å². The van der Waals surface area contributed by atoms with Crippen molar-refractivity contribution in [1.29, 1.82) is 0 Å². The Bertz CT molecular complexity index is 1340. The Hall–Kier alpha value is -2.70. The van der Waals surface area contributed by atoms with Gasteiger partial charge in [0.1, 0.15) is 6.04 Å². The predicted molar refractivity (Wildman–Crippen MR) is 150 cm³/mol. The van der Waals surface area contributed by atoms with Gasteiger partial charge in [0, 0.05) is 40.3 Å². The van der Waals surface area contributed by atoms with E-state index in [0.29, 0.717) is 23.1 Å². The lowest BCUT2D eigenvalue weighted by Gasteiger charge is -2.44. The number of anilines is 1. The van der Waals surface area contributed by atoms with Gasteiger partial charge in [-0.25, -0.2) is 8.42 Å². The Balaban J connectivity index is 1.40. The zero-order chi connectivity index (χ0) is 28.2. The summed E-state index contributed by atoms with van der Waals surface area (Å²) in [7, 11) is -3.73. The number of aliphatic hydroxyl groups is 3.